The van der Waals surface area contributed by atoms with E-state index in [0.717, 1.165) is 0 Å². The molecule has 0 saturated carbocycles. The number of nitrogens with one attached hydrogen (secondary N) is 1. The molecule has 9 heteroatoms. The van der Waals surface area contributed by atoms with Crippen LogP contribution in [0.3, 0.4) is 0 Å². The molecule has 24 heavy (non-hydrogen) atoms. The van der Waals surface area contributed by atoms with Crippen LogP contribution in [-0.4, -0.2) is 40.3 Å². The highest BCUT2D eigenvalue weighted by molar-refractivity contribution is 5.76. The van der Waals surface area contributed by atoms with E-state index in [0.29, 0.717) is 13.0 Å². The van der Waals surface area contributed by atoms with Gasteiger partial charge in [-0.2, -0.15) is 4.98 Å². The highest BCUT2D eigenvalue weighted by Crippen LogP contribution is 2.16. The second-order valence-corrected chi connectivity index (χ2v) is 5.75. The van der Waals surface area contributed by atoms with Gasteiger partial charge in [0, 0.05) is 19.9 Å². The Morgan fingerprint density at radius 1 is 1.50 bits per heavy atom. The minimum Gasteiger partial charge on any atom is -0.463 e. The third-order valence-electron chi connectivity index (χ3n) is 3.61. The van der Waals surface area contributed by atoms with Crippen LogP contribution in [0.4, 0.5) is 10.3 Å². The van der Waals surface area contributed by atoms with Gasteiger partial charge in [0.2, 0.25) is 5.95 Å². The summed E-state index contributed by atoms with van der Waals surface area (Å²) < 4.78 is 25.8. The van der Waals surface area contributed by atoms with Gasteiger partial charge in [-0.1, -0.05) is 13.8 Å². The van der Waals surface area contributed by atoms with Crippen LogP contribution in [0.2, 0.25) is 0 Å². The van der Waals surface area contributed by atoms with Crippen molar-refractivity contribution in [3.8, 4) is 0 Å². The van der Waals surface area contributed by atoms with E-state index in [9.17, 15) is 14.0 Å². The molecular weight excluding hydrogens is 319 g/mol. The molecule has 0 aliphatic carbocycles. The van der Waals surface area contributed by atoms with Gasteiger partial charge in [-0.3, -0.25) is 14.6 Å². The minimum absolute atomic E-state index is 0.0824. The SMILES string of the molecule is COC(CCn1cc(F)c2c(=O)[nH]c(N)nc21)COC(=O)C(C)C. The van der Waals surface area contributed by atoms with E-state index in [1.807, 2.05) is 0 Å². The fourth-order valence-electron chi connectivity index (χ4n) is 2.23. The molecular formula is C15H21FN4O4. The number of aromatic nitrogens is 3. The number of H-pyrrole nitrogens is 1. The predicted molar refractivity (Wildman–Crippen MR) is 85.9 cm³/mol. The number of hydrogen-bond donors (Lipinski definition) is 2. The highest BCUT2D eigenvalue weighted by Gasteiger charge is 2.17. The molecule has 132 valence electrons. The molecule has 2 heterocycles. The number of carbonyl (C=O) groups is 1. The fraction of sp³-hybridized carbons (Fsp3) is 0.533. The van der Waals surface area contributed by atoms with Crippen molar-refractivity contribution < 1.29 is 18.7 Å². The Labute approximate surface area is 137 Å². The van der Waals surface area contributed by atoms with Crippen LogP contribution in [0.5, 0.6) is 0 Å². The number of nitrogens with two attached hydrogens (primary N) is 1. The molecule has 0 spiro atoms. The van der Waals surface area contributed by atoms with Gasteiger partial charge < -0.3 is 19.8 Å². The number of esters is 1. The number of aryl methyl sites for hydroxylation is 1. The third-order valence-corrected chi connectivity index (χ3v) is 3.61. The quantitative estimate of drug-likeness (QED) is 0.729. The van der Waals surface area contributed by atoms with Crippen LogP contribution in [-0.2, 0) is 20.8 Å². The summed E-state index contributed by atoms with van der Waals surface area (Å²) in [5.41, 5.74) is 5.06. The summed E-state index contributed by atoms with van der Waals surface area (Å²) >= 11 is 0. The zero-order chi connectivity index (χ0) is 17.9. The molecule has 0 aliphatic heterocycles. The van der Waals surface area contributed by atoms with E-state index in [4.69, 9.17) is 15.2 Å². The first-order chi connectivity index (χ1) is 11.3. The fourth-order valence-corrected chi connectivity index (χ4v) is 2.23. The Morgan fingerprint density at radius 3 is 2.83 bits per heavy atom. The molecule has 0 fully saturated rings. The first kappa shape index (κ1) is 17.9. The molecule has 8 nitrogen and oxygen atoms in total. The number of ether oxygens (including phenoxy) is 2. The molecule has 2 rings (SSSR count). The molecule has 2 aromatic rings. The van der Waals surface area contributed by atoms with Crippen molar-refractivity contribution in [1.29, 1.82) is 0 Å². The monoisotopic (exact) mass is 340 g/mol. The number of methoxy groups -OCH3 is 1. The van der Waals surface area contributed by atoms with E-state index >= 15 is 0 Å². The summed E-state index contributed by atoms with van der Waals surface area (Å²) in [6.45, 7) is 3.92. The molecule has 0 aliphatic rings. The molecule has 3 N–H and O–H groups in total. The first-order valence-corrected chi connectivity index (χ1v) is 7.57. The molecule has 0 bridgehead atoms. The molecule has 1 unspecified atom stereocenters. The van der Waals surface area contributed by atoms with Gasteiger partial charge in [-0.05, 0) is 6.42 Å². The Balaban J connectivity index is 2.09. The van der Waals surface area contributed by atoms with Gasteiger partial charge in [-0.25, -0.2) is 4.39 Å². The van der Waals surface area contributed by atoms with Crippen molar-refractivity contribution in [2.75, 3.05) is 19.5 Å². The number of fused-ring (bicyclic) bond motifs is 1. The zero-order valence-corrected chi connectivity index (χ0v) is 13.8. The molecule has 0 saturated heterocycles. The molecule has 0 aromatic carbocycles. The third kappa shape index (κ3) is 3.91. The van der Waals surface area contributed by atoms with Crippen molar-refractivity contribution >= 4 is 23.0 Å². The van der Waals surface area contributed by atoms with Gasteiger partial charge in [0.1, 0.15) is 12.0 Å². The standard InChI is InChI=1S/C15H21FN4O4/c1-8(2)14(22)24-7-9(23-3)4-5-20-6-10(16)11-12(20)18-15(17)19-13(11)21/h6,8-9H,4-5,7H2,1-3H3,(H3,17,18,19,21). The maximum Gasteiger partial charge on any atom is 0.308 e. The number of rotatable bonds is 7. The number of nitrogens with zero attached hydrogens (tertiary/aromatic N) is 2. The average Bonchev–Trinajstić information content (AvgIpc) is 2.83. The zero-order valence-electron chi connectivity index (χ0n) is 13.8. The summed E-state index contributed by atoms with van der Waals surface area (Å²) in [7, 11) is 1.50. The van der Waals surface area contributed by atoms with Gasteiger partial charge in [0.15, 0.2) is 11.5 Å². The van der Waals surface area contributed by atoms with Gasteiger partial charge >= 0.3 is 5.97 Å². The number of halogens is 1. The lowest BCUT2D eigenvalue weighted by molar-refractivity contribution is -0.151. The van der Waals surface area contributed by atoms with E-state index in [1.54, 1.807) is 13.8 Å². The van der Waals surface area contributed by atoms with Gasteiger partial charge in [0.25, 0.3) is 5.56 Å². The molecule has 1 atom stereocenters. The summed E-state index contributed by atoms with van der Waals surface area (Å²) in [6, 6.07) is 0. The van der Waals surface area contributed by atoms with E-state index in [-0.39, 0.29) is 41.6 Å². The van der Waals surface area contributed by atoms with Crippen LogP contribution >= 0.6 is 0 Å². The van der Waals surface area contributed by atoms with Crippen LogP contribution in [0.15, 0.2) is 11.0 Å². The number of hydrogen-bond acceptors (Lipinski definition) is 6. The van der Waals surface area contributed by atoms with Crippen molar-refractivity contribution in [2.45, 2.75) is 32.9 Å². The van der Waals surface area contributed by atoms with E-state index in [2.05, 4.69) is 9.97 Å². The van der Waals surface area contributed by atoms with Crippen LogP contribution in [0.1, 0.15) is 20.3 Å². The maximum absolute atomic E-state index is 13.9. The Kier molecular flexibility index (Phi) is 5.55. The highest BCUT2D eigenvalue weighted by atomic mass is 19.1. The Hall–Kier alpha value is -2.42. The largest absolute Gasteiger partial charge is 0.463 e. The molecule has 0 radical (unpaired) electrons. The topological polar surface area (TPSA) is 112 Å². The second kappa shape index (κ2) is 7.43. The molecule has 2 aromatic heterocycles. The number of nitrogen functional groups attached to an aromatic ring is 1. The maximum atomic E-state index is 13.9. The molecule has 0 amide bonds. The van der Waals surface area contributed by atoms with Gasteiger partial charge in [-0.15, -0.1) is 0 Å². The lowest BCUT2D eigenvalue weighted by Gasteiger charge is -2.16. The van der Waals surface area contributed by atoms with Crippen LogP contribution < -0.4 is 11.3 Å². The van der Waals surface area contributed by atoms with E-state index in [1.165, 1.54) is 17.9 Å². The number of anilines is 1. The van der Waals surface area contributed by atoms with Crippen molar-refractivity contribution in [2.24, 2.45) is 5.92 Å². The number of aromatic amines is 1. The van der Waals surface area contributed by atoms with E-state index < -0.39 is 11.4 Å². The lowest BCUT2D eigenvalue weighted by atomic mass is 10.2. The van der Waals surface area contributed by atoms with Crippen LogP contribution in [0, 0.1) is 11.7 Å². The predicted octanol–water partition coefficient (Wildman–Crippen LogP) is 1.05. The average molecular weight is 340 g/mol. The van der Waals surface area contributed by atoms with Gasteiger partial charge in [0.05, 0.1) is 12.0 Å². The summed E-state index contributed by atoms with van der Waals surface area (Å²) in [4.78, 5) is 29.5. The summed E-state index contributed by atoms with van der Waals surface area (Å²) in [5.74, 6) is -1.28. The minimum atomic E-state index is -0.668. The summed E-state index contributed by atoms with van der Waals surface area (Å²) in [5, 5.41) is -0.135. The number of carbonyl (C=O) groups excluding carboxylic acids is 1. The first-order valence-electron chi connectivity index (χ1n) is 7.57. The Morgan fingerprint density at radius 2 is 2.21 bits per heavy atom. The normalized spacial score (nSPS) is 12.7. The van der Waals surface area contributed by atoms with Crippen LogP contribution in [0.25, 0.3) is 11.0 Å². The Bertz CT molecular complexity index is 784. The second-order valence-electron chi connectivity index (χ2n) is 5.75. The smallest absolute Gasteiger partial charge is 0.308 e. The summed E-state index contributed by atoms with van der Waals surface area (Å²) in [6.07, 6.45) is 1.28. The van der Waals surface area contributed by atoms with Crippen molar-refractivity contribution in [1.82, 2.24) is 14.5 Å². The lowest BCUT2D eigenvalue weighted by Crippen LogP contribution is -2.24. The van der Waals surface area contributed by atoms with Crippen molar-refractivity contribution in [3.63, 3.8) is 0 Å². The van der Waals surface area contributed by atoms with Crippen molar-refractivity contribution in [3.05, 3.63) is 22.4 Å².